The number of anilines is 1. The van der Waals surface area contributed by atoms with Crippen molar-refractivity contribution in [2.45, 2.75) is 13.0 Å². The highest BCUT2D eigenvalue weighted by Gasteiger charge is 2.14. The zero-order chi connectivity index (χ0) is 18.9. The number of hydrogen-bond donors (Lipinski definition) is 2. The Hall–Kier alpha value is -2.78. The molecule has 1 fully saturated rings. The molecule has 2 N–H and O–H groups in total. The molecule has 1 aliphatic rings. The molecule has 0 radical (unpaired) electrons. The van der Waals surface area contributed by atoms with E-state index in [1.807, 2.05) is 12.1 Å². The van der Waals surface area contributed by atoms with Crippen LogP contribution in [0.1, 0.15) is 12.0 Å². The Morgan fingerprint density at radius 2 is 1.89 bits per heavy atom. The van der Waals surface area contributed by atoms with Gasteiger partial charge in [-0.05, 0) is 30.7 Å². The first-order valence-corrected chi connectivity index (χ1v) is 9.01. The SMILES string of the molecule is O=C(NCCCN1CCOCC1)C(=O)Nc1ccc(Cn2cncn2)cc1. The van der Waals surface area contributed by atoms with E-state index in [1.165, 1.54) is 6.33 Å². The van der Waals surface area contributed by atoms with Gasteiger partial charge >= 0.3 is 11.8 Å². The second kappa shape index (κ2) is 9.79. The van der Waals surface area contributed by atoms with Crippen LogP contribution in [0.15, 0.2) is 36.9 Å². The number of nitrogens with zero attached hydrogens (tertiary/aromatic N) is 4. The zero-order valence-electron chi connectivity index (χ0n) is 15.1. The number of aromatic nitrogens is 3. The highest BCUT2D eigenvalue weighted by atomic mass is 16.5. The zero-order valence-corrected chi connectivity index (χ0v) is 15.1. The average Bonchev–Trinajstić information content (AvgIpc) is 3.20. The smallest absolute Gasteiger partial charge is 0.313 e. The molecule has 27 heavy (non-hydrogen) atoms. The van der Waals surface area contributed by atoms with E-state index in [9.17, 15) is 9.59 Å². The molecule has 0 aliphatic carbocycles. The summed E-state index contributed by atoms with van der Waals surface area (Å²) in [5.74, 6) is -1.28. The summed E-state index contributed by atoms with van der Waals surface area (Å²) in [6.45, 7) is 5.30. The van der Waals surface area contributed by atoms with Crippen LogP contribution < -0.4 is 10.6 Å². The maximum absolute atomic E-state index is 12.0. The number of amides is 2. The lowest BCUT2D eigenvalue weighted by Gasteiger charge is -2.26. The van der Waals surface area contributed by atoms with Gasteiger partial charge in [-0.3, -0.25) is 14.5 Å². The van der Waals surface area contributed by atoms with E-state index in [2.05, 4.69) is 25.6 Å². The first-order chi connectivity index (χ1) is 13.2. The Kier molecular flexibility index (Phi) is 6.89. The fraction of sp³-hybridized carbons (Fsp3) is 0.444. The maximum Gasteiger partial charge on any atom is 0.313 e. The topological polar surface area (TPSA) is 101 Å². The number of morpholine rings is 1. The van der Waals surface area contributed by atoms with Crippen LogP contribution >= 0.6 is 0 Å². The van der Waals surface area contributed by atoms with Gasteiger partial charge in [0.05, 0.1) is 19.8 Å². The van der Waals surface area contributed by atoms with Crippen LogP contribution in [0.5, 0.6) is 0 Å². The summed E-state index contributed by atoms with van der Waals surface area (Å²) in [6, 6.07) is 7.26. The van der Waals surface area contributed by atoms with Gasteiger partial charge in [-0.2, -0.15) is 5.10 Å². The molecular weight excluding hydrogens is 348 g/mol. The second-order valence-electron chi connectivity index (χ2n) is 6.31. The third kappa shape index (κ3) is 6.15. The standard InChI is InChI=1S/C18H24N6O3/c25-17(20-6-1-7-23-8-10-27-11-9-23)18(26)22-16-4-2-15(3-5-16)12-24-14-19-13-21-24/h2-5,13-14H,1,6-12H2,(H,20,25)(H,22,26). The van der Waals surface area contributed by atoms with Crippen LogP contribution in [0.25, 0.3) is 0 Å². The Morgan fingerprint density at radius 1 is 1.11 bits per heavy atom. The number of hydrogen-bond acceptors (Lipinski definition) is 6. The first-order valence-electron chi connectivity index (χ1n) is 9.01. The third-order valence-electron chi connectivity index (χ3n) is 4.27. The number of carbonyl (C=O) groups excluding carboxylic acids is 2. The molecule has 2 amide bonds. The van der Waals surface area contributed by atoms with Crippen molar-refractivity contribution in [2.75, 3.05) is 44.7 Å². The normalized spacial score (nSPS) is 14.7. The van der Waals surface area contributed by atoms with Gasteiger partial charge in [0.1, 0.15) is 12.7 Å². The fourth-order valence-electron chi connectivity index (χ4n) is 2.79. The minimum absolute atomic E-state index is 0.473. The van der Waals surface area contributed by atoms with Gasteiger partial charge in [0.2, 0.25) is 0 Å². The first kappa shape index (κ1) is 19.0. The van der Waals surface area contributed by atoms with Crippen molar-refractivity contribution >= 4 is 17.5 Å². The average molecular weight is 372 g/mol. The molecule has 0 spiro atoms. The van der Waals surface area contributed by atoms with Crippen molar-refractivity contribution in [1.82, 2.24) is 25.0 Å². The number of ether oxygens (including phenoxy) is 1. The minimum atomic E-state index is -0.662. The summed E-state index contributed by atoms with van der Waals surface area (Å²) in [4.78, 5) is 30.1. The predicted molar refractivity (Wildman–Crippen MR) is 99.1 cm³/mol. The summed E-state index contributed by atoms with van der Waals surface area (Å²) in [7, 11) is 0. The second-order valence-corrected chi connectivity index (χ2v) is 6.31. The Bertz CT molecular complexity index is 726. The predicted octanol–water partition coefficient (Wildman–Crippen LogP) is 0.103. The van der Waals surface area contributed by atoms with Crippen molar-refractivity contribution in [3.63, 3.8) is 0 Å². The van der Waals surface area contributed by atoms with Gasteiger partial charge in [0.15, 0.2) is 0 Å². The van der Waals surface area contributed by atoms with Crippen molar-refractivity contribution in [3.8, 4) is 0 Å². The monoisotopic (exact) mass is 372 g/mol. The minimum Gasteiger partial charge on any atom is -0.379 e. The lowest BCUT2D eigenvalue weighted by atomic mass is 10.2. The van der Waals surface area contributed by atoms with Crippen LogP contribution in [-0.2, 0) is 20.9 Å². The van der Waals surface area contributed by atoms with E-state index in [-0.39, 0.29) is 0 Å². The van der Waals surface area contributed by atoms with Crippen LogP contribution in [-0.4, -0.2) is 70.9 Å². The molecule has 0 atom stereocenters. The van der Waals surface area contributed by atoms with E-state index in [0.29, 0.717) is 18.8 Å². The summed E-state index contributed by atoms with van der Waals surface area (Å²) >= 11 is 0. The number of rotatable bonds is 7. The van der Waals surface area contributed by atoms with Crippen LogP contribution in [0.4, 0.5) is 5.69 Å². The van der Waals surface area contributed by atoms with Crippen molar-refractivity contribution < 1.29 is 14.3 Å². The highest BCUT2D eigenvalue weighted by molar-refractivity contribution is 6.39. The summed E-state index contributed by atoms with van der Waals surface area (Å²) in [5, 5.41) is 9.31. The number of nitrogens with one attached hydrogen (secondary N) is 2. The van der Waals surface area contributed by atoms with Gasteiger partial charge in [-0.25, -0.2) is 9.67 Å². The Morgan fingerprint density at radius 3 is 2.59 bits per heavy atom. The highest BCUT2D eigenvalue weighted by Crippen LogP contribution is 2.10. The van der Waals surface area contributed by atoms with Gasteiger partial charge < -0.3 is 15.4 Å². The number of carbonyl (C=O) groups is 2. The van der Waals surface area contributed by atoms with Crippen molar-refractivity contribution in [3.05, 3.63) is 42.5 Å². The van der Waals surface area contributed by atoms with E-state index in [4.69, 9.17) is 4.74 Å². The molecule has 1 aliphatic heterocycles. The molecule has 3 rings (SSSR count). The Balaban J connectivity index is 1.36. The molecular formula is C18H24N6O3. The lowest BCUT2D eigenvalue weighted by molar-refractivity contribution is -0.136. The lowest BCUT2D eigenvalue weighted by Crippen LogP contribution is -2.39. The van der Waals surface area contributed by atoms with Gasteiger partial charge in [0, 0.05) is 25.3 Å². The van der Waals surface area contributed by atoms with Gasteiger partial charge in [0.25, 0.3) is 0 Å². The molecule has 144 valence electrons. The maximum atomic E-state index is 12.0. The van der Waals surface area contributed by atoms with Gasteiger partial charge in [-0.15, -0.1) is 0 Å². The number of benzene rings is 1. The molecule has 2 aromatic rings. The summed E-state index contributed by atoms with van der Waals surface area (Å²) in [5.41, 5.74) is 1.59. The largest absolute Gasteiger partial charge is 0.379 e. The quantitative estimate of drug-likeness (QED) is 0.528. The molecule has 1 saturated heterocycles. The van der Waals surface area contributed by atoms with E-state index in [1.54, 1.807) is 23.1 Å². The van der Waals surface area contributed by atoms with E-state index < -0.39 is 11.8 Å². The molecule has 1 aromatic heterocycles. The van der Waals surface area contributed by atoms with Crippen LogP contribution in [0.2, 0.25) is 0 Å². The molecule has 9 heteroatoms. The molecule has 0 saturated carbocycles. The Labute approximate surface area is 157 Å². The fourth-order valence-corrected chi connectivity index (χ4v) is 2.79. The molecule has 1 aromatic carbocycles. The molecule has 0 unspecified atom stereocenters. The molecule has 0 bridgehead atoms. The summed E-state index contributed by atoms with van der Waals surface area (Å²) in [6.07, 6.45) is 3.92. The van der Waals surface area contributed by atoms with Crippen LogP contribution in [0, 0.1) is 0 Å². The van der Waals surface area contributed by atoms with Crippen molar-refractivity contribution in [2.24, 2.45) is 0 Å². The van der Waals surface area contributed by atoms with Crippen molar-refractivity contribution in [1.29, 1.82) is 0 Å². The summed E-state index contributed by atoms with van der Waals surface area (Å²) < 4.78 is 7.00. The third-order valence-corrected chi connectivity index (χ3v) is 4.27. The van der Waals surface area contributed by atoms with Gasteiger partial charge in [-0.1, -0.05) is 12.1 Å². The van der Waals surface area contributed by atoms with Crippen LogP contribution in [0.3, 0.4) is 0 Å². The molecule has 9 nitrogen and oxygen atoms in total. The van der Waals surface area contributed by atoms with E-state index >= 15 is 0 Å². The van der Waals surface area contributed by atoms with E-state index in [0.717, 1.165) is 44.8 Å². The molecule has 2 heterocycles.